The van der Waals surface area contributed by atoms with Gasteiger partial charge >= 0.3 is 5.97 Å². The summed E-state index contributed by atoms with van der Waals surface area (Å²) in [6, 6.07) is 11.1. The summed E-state index contributed by atoms with van der Waals surface area (Å²) in [5.41, 5.74) is 0.389. The molecule has 1 unspecified atom stereocenters. The monoisotopic (exact) mass is 781 g/mol. The maximum absolute atomic E-state index is 15.3. The average molecular weight is 782 g/mol. The van der Waals surface area contributed by atoms with Gasteiger partial charge < -0.3 is 34.7 Å². The molecule has 4 heterocycles. The fourth-order valence-electron chi connectivity index (χ4n) is 13.9. The van der Waals surface area contributed by atoms with Gasteiger partial charge in [0.1, 0.15) is 17.3 Å². The van der Waals surface area contributed by atoms with Crippen molar-refractivity contribution in [1.82, 2.24) is 15.3 Å². The standard InChI is InChI=1S/C45H59N5O7/c1-8-40(4,54)23-39(3)24-41(39)17-15-27-26-13-10-11-14-30(26)47-33(27)44(25-41,38(53)57-7)29-21-28-31(22-32(29)56-6)49(5)35-43(28)18-20-50-19-12-16-42(9-2,34(43)50)36(51)45(35,55)37(52)48-46/h10-14,16,21-22,34-36,47,51,54-55H,8-9,15,17-20,23-25,46H2,1-7H3,(H,48,52)/t34-,35+,36+,39-,40-,41?,42+,43+,44-,45-/m0/s1. The zero-order valence-corrected chi connectivity index (χ0v) is 34.4. The van der Waals surface area contributed by atoms with Crippen LogP contribution in [0.3, 0.4) is 0 Å². The van der Waals surface area contributed by atoms with Crippen LogP contribution in [0.1, 0.15) is 95.0 Å². The summed E-state index contributed by atoms with van der Waals surface area (Å²) in [5, 5.41) is 37.9. The van der Waals surface area contributed by atoms with Crippen LogP contribution in [0.4, 0.5) is 5.69 Å². The normalized spacial score (nSPS) is 38.5. The van der Waals surface area contributed by atoms with Crippen LogP contribution in [-0.4, -0.2) is 101 Å². The van der Waals surface area contributed by atoms with E-state index in [1.54, 1.807) is 7.11 Å². The second-order valence-corrected chi connectivity index (χ2v) is 19.0. The number of hydrogen-bond donors (Lipinski definition) is 6. The molecule has 3 aliphatic carbocycles. The number of benzene rings is 2. The van der Waals surface area contributed by atoms with E-state index in [-0.39, 0.29) is 16.9 Å². The predicted molar refractivity (Wildman–Crippen MR) is 217 cm³/mol. The van der Waals surface area contributed by atoms with Crippen molar-refractivity contribution < 1.29 is 34.4 Å². The van der Waals surface area contributed by atoms with Crippen LogP contribution in [0.5, 0.6) is 5.75 Å². The highest BCUT2D eigenvalue weighted by Gasteiger charge is 2.79. The van der Waals surface area contributed by atoms with E-state index in [1.165, 1.54) is 7.11 Å². The number of esters is 1. The molecule has 0 bridgehead atoms. The Kier molecular flexibility index (Phi) is 8.32. The third-order valence-corrected chi connectivity index (χ3v) is 16.6. The Bertz CT molecular complexity index is 2220. The van der Waals surface area contributed by atoms with Crippen molar-refractivity contribution in [3.05, 3.63) is 70.9 Å². The number of nitrogens with one attached hydrogen (secondary N) is 2. The Morgan fingerprint density at radius 3 is 2.54 bits per heavy atom. The minimum Gasteiger partial charge on any atom is -0.496 e. The van der Waals surface area contributed by atoms with E-state index < -0.39 is 51.5 Å². The maximum Gasteiger partial charge on any atom is 0.322 e. The Morgan fingerprint density at radius 2 is 1.86 bits per heavy atom. The number of likely N-dealkylation sites (N-methyl/N-ethyl adjacent to an activating group) is 1. The highest BCUT2D eigenvalue weighted by Crippen LogP contribution is 2.75. The number of hydrogen-bond acceptors (Lipinski definition) is 10. The molecule has 6 aliphatic rings. The lowest BCUT2D eigenvalue weighted by Gasteiger charge is -2.63. The fourth-order valence-corrected chi connectivity index (χ4v) is 13.9. The van der Waals surface area contributed by atoms with Gasteiger partial charge in [-0.25, -0.2) is 5.84 Å². The van der Waals surface area contributed by atoms with Gasteiger partial charge in [-0.3, -0.25) is 19.9 Å². The quantitative estimate of drug-likeness (QED) is 0.0643. The SMILES string of the molecule is CC[C@](C)(O)C[C@@]1(C)CC12CCc1c([nH]c3ccccc13)[C@@](C(=O)OC)(c1cc3c(cc1OC)N(C)[C@H]1[C@@](O)(C(=O)NN)[C@H](O)[C@]4(CC)C=CCN5CC[C@]31[C@@H]54)C2. The smallest absolute Gasteiger partial charge is 0.322 e. The van der Waals surface area contributed by atoms with Crippen LogP contribution in [0.2, 0.25) is 0 Å². The first-order valence-electron chi connectivity index (χ1n) is 20.7. The van der Waals surface area contributed by atoms with Crippen LogP contribution < -0.4 is 20.9 Å². The number of H-pyrrole nitrogens is 1. The van der Waals surface area contributed by atoms with Gasteiger partial charge in [0.15, 0.2) is 5.60 Å². The first kappa shape index (κ1) is 38.6. The maximum atomic E-state index is 15.3. The summed E-state index contributed by atoms with van der Waals surface area (Å²) in [4.78, 5) is 37.4. The molecule has 1 saturated heterocycles. The first-order chi connectivity index (χ1) is 27.0. The summed E-state index contributed by atoms with van der Waals surface area (Å²) in [7, 11) is 4.93. The number of ether oxygens (including phenoxy) is 2. The molecule has 10 atom stereocenters. The molecule has 1 amide bonds. The molecule has 3 aliphatic heterocycles. The van der Waals surface area contributed by atoms with Crippen LogP contribution in [-0.2, 0) is 31.6 Å². The molecule has 12 heteroatoms. The molecule has 7 N–H and O–H groups in total. The number of hydrazine groups is 1. The molecule has 1 aromatic heterocycles. The molecule has 2 aromatic carbocycles. The molecule has 3 fully saturated rings. The number of carbonyl (C=O) groups excluding carboxylic acids is 2. The molecular formula is C45H59N5O7. The Labute approximate surface area is 334 Å². The van der Waals surface area contributed by atoms with Crippen molar-refractivity contribution in [2.24, 2.45) is 22.1 Å². The number of aromatic nitrogens is 1. The highest BCUT2D eigenvalue weighted by atomic mass is 16.5. The molecule has 306 valence electrons. The third kappa shape index (κ3) is 4.56. The predicted octanol–water partition coefficient (Wildman–Crippen LogP) is 4.11. The summed E-state index contributed by atoms with van der Waals surface area (Å²) in [5.74, 6) is 5.09. The van der Waals surface area contributed by atoms with Crippen molar-refractivity contribution in [2.45, 2.75) is 119 Å². The average Bonchev–Trinajstić information content (AvgIpc) is 3.46. The minimum absolute atomic E-state index is 0.244. The second-order valence-electron chi connectivity index (χ2n) is 19.0. The molecule has 57 heavy (non-hydrogen) atoms. The second kappa shape index (κ2) is 12.3. The summed E-state index contributed by atoms with van der Waals surface area (Å²) >= 11 is 0. The Hall–Kier alpha value is -3.94. The van der Waals surface area contributed by atoms with E-state index in [0.29, 0.717) is 56.5 Å². The van der Waals surface area contributed by atoms with Gasteiger partial charge in [-0.05, 0) is 98.9 Å². The van der Waals surface area contributed by atoms with Gasteiger partial charge in [0.2, 0.25) is 0 Å². The van der Waals surface area contributed by atoms with E-state index in [1.807, 2.05) is 69.1 Å². The lowest BCUT2D eigenvalue weighted by molar-refractivity contribution is -0.203. The number of anilines is 1. The van der Waals surface area contributed by atoms with Crippen molar-refractivity contribution in [3.8, 4) is 5.75 Å². The number of rotatable bonds is 8. The molecule has 12 nitrogen and oxygen atoms in total. The largest absolute Gasteiger partial charge is 0.496 e. The summed E-state index contributed by atoms with van der Waals surface area (Å²) < 4.78 is 12.3. The van der Waals surface area contributed by atoms with Crippen LogP contribution >= 0.6 is 0 Å². The molecule has 9 rings (SSSR count). The summed E-state index contributed by atoms with van der Waals surface area (Å²) in [6.07, 6.45) is 7.73. The van der Waals surface area contributed by atoms with Crippen molar-refractivity contribution in [2.75, 3.05) is 39.3 Å². The van der Waals surface area contributed by atoms with Crippen LogP contribution in [0.25, 0.3) is 10.9 Å². The fraction of sp³-hybridized carbons (Fsp3) is 0.600. The van der Waals surface area contributed by atoms with Crippen LogP contribution in [0.15, 0.2) is 48.6 Å². The Balaban J connectivity index is 1.35. The van der Waals surface area contributed by atoms with Gasteiger partial charge in [0.25, 0.3) is 5.91 Å². The lowest BCUT2D eigenvalue weighted by atomic mass is 9.47. The molecule has 2 spiro atoms. The number of methoxy groups -OCH3 is 2. The number of nitrogens with two attached hydrogens (primary N) is 1. The number of nitrogens with zero attached hydrogens (tertiary/aromatic N) is 2. The minimum atomic E-state index is -2.30. The van der Waals surface area contributed by atoms with Crippen molar-refractivity contribution >= 4 is 28.5 Å². The van der Waals surface area contributed by atoms with Crippen molar-refractivity contribution in [1.29, 1.82) is 0 Å². The Morgan fingerprint density at radius 1 is 1.11 bits per heavy atom. The van der Waals surface area contributed by atoms with Gasteiger partial charge in [-0.2, -0.15) is 0 Å². The zero-order chi connectivity index (χ0) is 40.7. The lowest BCUT2D eigenvalue weighted by Crippen LogP contribution is -2.82. The van der Waals surface area contributed by atoms with Gasteiger partial charge in [0, 0.05) is 64.4 Å². The van der Waals surface area contributed by atoms with Gasteiger partial charge in [-0.15, -0.1) is 0 Å². The molecule has 0 radical (unpaired) electrons. The molecule has 2 saturated carbocycles. The van der Waals surface area contributed by atoms with Gasteiger partial charge in [0.05, 0.1) is 25.9 Å². The number of amides is 1. The number of aliphatic hydroxyl groups is 3. The van der Waals surface area contributed by atoms with E-state index in [0.717, 1.165) is 52.7 Å². The van der Waals surface area contributed by atoms with Crippen molar-refractivity contribution in [3.63, 3.8) is 0 Å². The summed E-state index contributed by atoms with van der Waals surface area (Å²) in [6.45, 7) is 9.55. The number of aryl methyl sites for hydroxylation is 1. The van der Waals surface area contributed by atoms with Gasteiger partial charge in [-0.1, -0.05) is 51.1 Å². The van der Waals surface area contributed by atoms with E-state index in [9.17, 15) is 20.1 Å². The number of para-hydroxylation sites is 1. The number of aromatic amines is 1. The number of aliphatic hydroxyl groups excluding tert-OH is 1. The zero-order valence-electron chi connectivity index (χ0n) is 34.4. The topological polar surface area (TPSA) is 174 Å². The van der Waals surface area contributed by atoms with E-state index in [4.69, 9.17) is 15.3 Å². The molecular weight excluding hydrogens is 723 g/mol. The van der Waals surface area contributed by atoms with E-state index >= 15 is 4.79 Å². The first-order valence-corrected chi connectivity index (χ1v) is 20.7. The number of fused-ring (bicyclic) bond motifs is 4. The number of carbonyl (C=O) groups is 2. The van der Waals surface area contributed by atoms with E-state index in [2.05, 4.69) is 34.4 Å². The highest BCUT2D eigenvalue weighted by molar-refractivity contribution is 5.95. The van der Waals surface area contributed by atoms with Crippen LogP contribution in [0, 0.1) is 16.2 Å². The molecule has 3 aromatic rings. The third-order valence-electron chi connectivity index (χ3n) is 16.6.